The number of hydrogen-bond acceptors (Lipinski definition) is 3. The lowest BCUT2D eigenvalue weighted by atomic mass is 10.0. The fourth-order valence-electron chi connectivity index (χ4n) is 1.77. The van der Waals surface area contributed by atoms with Crippen molar-refractivity contribution in [3.63, 3.8) is 0 Å². The van der Waals surface area contributed by atoms with Crippen LogP contribution in [0.25, 0.3) is 0 Å². The zero-order chi connectivity index (χ0) is 14.4. The molecule has 2 atom stereocenters. The molecule has 0 bridgehead atoms. The molecule has 1 amide bonds. The molecule has 0 saturated carbocycles. The third-order valence-electron chi connectivity index (χ3n) is 3.01. The number of aliphatic hydroxyl groups is 2. The lowest BCUT2D eigenvalue weighted by Gasteiger charge is -2.23. The van der Waals surface area contributed by atoms with Crippen LogP contribution < -0.4 is 5.32 Å². The summed E-state index contributed by atoms with van der Waals surface area (Å²) in [4.78, 5) is 12.0. The lowest BCUT2D eigenvalue weighted by Crippen LogP contribution is -2.41. The molecule has 0 aliphatic carbocycles. The van der Waals surface area contributed by atoms with Crippen LogP contribution >= 0.6 is 15.9 Å². The highest BCUT2D eigenvalue weighted by Crippen LogP contribution is 2.17. The van der Waals surface area contributed by atoms with Crippen LogP contribution in [0, 0.1) is 5.92 Å². The number of rotatable bonds is 6. The first-order valence-corrected chi connectivity index (χ1v) is 7.09. The van der Waals surface area contributed by atoms with Gasteiger partial charge in [0.15, 0.2) is 6.10 Å². The summed E-state index contributed by atoms with van der Waals surface area (Å²) in [5, 5.41) is 21.7. The summed E-state index contributed by atoms with van der Waals surface area (Å²) in [7, 11) is 0. The van der Waals surface area contributed by atoms with E-state index in [4.69, 9.17) is 5.11 Å². The Balaban J connectivity index is 2.68. The third kappa shape index (κ3) is 4.93. The van der Waals surface area contributed by atoms with E-state index in [0.29, 0.717) is 12.0 Å². The van der Waals surface area contributed by atoms with Gasteiger partial charge in [-0.2, -0.15) is 0 Å². The van der Waals surface area contributed by atoms with E-state index in [1.54, 1.807) is 24.3 Å². The Bertz CT molecular complexity index is 406. The first-order valence-electron chi connectivity index (χ1n) is 6.30. The Morgan fingerprint density at radius 2 is 1.89 bits per heavy atom. The molecule has 4 nitrogen and oxygen atoms in total. The molecule has 0 aromatic heterocycles. The molecule has 1 rings (SSSR count). The molecule has 0 unspecified atom stereocenters. The number of aliphatic hydroxyl groups excluding tert-OH is 2. The molecule has 5 heteroatoms. The fraction of sp³-hybridized carbons (Fsp3) is 0.500. The van der Waals surface area contributed by atoms with Gasteiger partial charge in [0.25, 0.3) is 5.91 Å². The second kappa shape index (κ2) is 7.62. The van der Waals surface area contributed by atoms with Gasteiger partial charge in [-0.15, -0.1) is 0 Å². The van der Waals surface area contributed by atoms with Gasteiger partial charge >= 0.3 is 0 Å². The van der Waals surface area contributed by atoms with Gasteiger partial charge in [-0.3, -0.25) is 4.79 Å². The van der Waals surface area contributed by atoms with E-state index in [1.165, 1.54) is 0 Å². The maximum absolute atomic E-state index is 12.0. The number of carbonyl (C=O) groups is 1. The van der Waals surface area contributed by atoms with Crippen LogP contribution in [0.5, 0.6) is 0 Å². The van der Waals surface area contributed by atoms with Gasteiger partial charge in [0.05, 0.1) is 0 Å². The SMILES string of the molecule is CC(C)[C@H](CCO)NC(=O)[C@@H](O)c1ccc(Br)cc1. The fourth-order valence-corrected chi connectivity index (χ4v) is 2.03. The quantitative estimate of drug-likeness (QED) is 0.747. The van der Waals surface area contributed by atoms with Crippen molar-refractivity contribution in [2.45, 2.75) is 32.4 Å². The number of amides is 1. The molecule has 3 N–H and O–H groups in total. The minimum atomic E-state index is -1.19. The first kappa shape index (κ1) is 16.1. The summed E-state index contributed by atoms with van der Waals surface area (Å²) in [6.07, 6.45) is -0.704. The maximum atomic E-state index is 12.0. The molecule has 0 aliphatic heterocycles. The van der Waals surface area contributed by atoms with Crippen molar-refractivity contribution in [1.29, 1.82) is 0 Å². The number of halogens is 1. The Morgan fingerprint density at radius 1 is 1.32 bits per heavy atom. The zero-order valence-electron chi connectivity index (χ0n) is 11.1. The molecule has 0 spiro atoms. The maximum Gasteiger partial charge on any atom is 0.253 e. The summed E-state index contributed by atoms with van der Waals surface area (Å²) in [6.45, 7) is 3.94. The highest BCUT2D eigenvalue weighted by molar-refractivity contribution is 9.10. The van der Waals surface area contributed by atoms with Crippen LogP contribution in [-0.2, 0) is 4.79 Å². The molecule has 0 radical (unpaired) electrons. The van der Waals surface area contributed by atoms with E-state index in [9.17, 15) is 9.90 Å². The molecule has 19 heavy (non-hydrogen) atoms. The average molecular weight is 330 g/mol. The van der Waals surface area contributed by atoms with E-state index in [2.05, 4.69) is 21.2 Å². The van der Waals surface area contributed by atoms with Gasteiger partial charge in [0.1, 0.15) is 0 Å². The zero-order valence-corrected chi connectivity index (χ0v) is 12.7. The predicted octanol–water partition coefficient (Wildman–Crippen LogP) is 2.01. The Morgan fingerprint density at radius 3 is 2.37 bits per heavy atom. The van der Waals surface area contributed by atoms with Gasteiger partial charge < -0.3 is 15.5 Å². The second-order valence-corrected chi connectivity index (χ2v) is 5.74. The second-order valence-electron chi connectivity index (χ2n) is 4.83. The monoisotopic (exact) mass is 329 g/mol. The molecule has 106 valence electrons. The summed E-state index contributed by atoms with van der Waals surface area (Å²) in [6, 6.07) is 6.82. The predicted molar refractivity (Wildman–Crippen MR) is 77.6 cm³/mol. The summed E-state index contributed by atoms with van der Waals surface area (Å²) >= 11 is 3.30. The van der Waals surface area contributed by atoms with Crippen LogP contribution in [0.2, 0.25) is 0 Å². The van der Waals surface area contributed by atoms with Gasteiger partial charge in [0.2, 0.25) is 0 Å². The molecule has 1 aromatic carbocycles. The molecule has 1 aromatic rings. The molecular weight excluding hydrogens is 310 g/mol. The molecule has 0 heterocycles. The van der Waals surface area contributed by atoms with Crippen molar-refractivity contribution in [1.82, 2.24) is 5.32 Å². The highest BCUT2D eigenvalue weighted by Gasteiger charge is 2.22. The van der Waals surface area contributed by atoms with Crippen molar-refractivity contribution in [3.05, 3.63) is 34.3 Å². The van der Waals surface area contributed by atoms with Crippen LogP contribution in [0.4, 0.5) is 0 Å². The molecule has 0 fully saturated rings. The largest absolute Gasteiger partial charge is 0.396 e. The number of nitrogens with one attached hydrogen (secondary N) is 1. The smallest absolute Gasteiger partial charge is 0.253 e. The van der Waals surface area contributed by atoms with Crippen LogP contribution in [0.3, 0.4) is 0 Å². The van der Waals surface area contributed by atoms with E-state index < -0.39 is 12.0 Å². The van der Waals surface area contributed by atoms with Crippen LogP contribution in [0.1, 0.15) is 31.9 Å². The normalized spacial score (nSPS) is 14.2. The van der Waals surface area contributed by atoms with Gasteiger partial charge in [-0.1, -0.05) is 41.9 Å². The minimum absolute atomic E-state index is 0.0114. The molecular formula is C14H20BrNO3. The summed E-state index contributed by atoms with van der Waals surface area (Å²) in [5.41, 5.74) is 0.548. The van der Waals surface area contributed by atoms with Gasteiger partial charge in [0, 0.05) is 17.1 Å². The minimum Gasteiger partial charge on any atom is -0.396 e. The lowest BCUT2D eigenvalue weighted by molar-refractivity contribution is -0.130. The van der Waals surface area contributed by atoms with Gasteiger partial charge in [-0.05, 0) is 30.0 Å². The number of hydrogen-bond donors (Lipinski definition) is 3. The van der Waals surface area contributed by atoms with Gasteiger partial charge in [-0.25, -0.2) is 0 Å². The Labute approximate surface area is 122 Å². The van der Waals surface area contributed by atoms with E-state index >= 15 is 0 Å². The van der Waals surface area contributed by atoms with E-state index in [0.717, 1.165) is 4.47 Å². The van der Waals surface area contributed by atoms with Crippen molar-refractivity contribution in [2.24, 2.45) is 5.92 Å². The summed E-state index contributed by atoms with van der Waals surface area (Å²) in [5.74, 6) is -0.234. The van der Waals surface area contributed by atoms with Crippen molar-refractivity contribution in [2.75, 3.05) is 6.61 Å². The number of carbonyl (C=O) groups excluding carboxylic acids is 1. The van der Waals surface area contributed by atoms with Crippen LogP contribution in [-0.4, -0.2) is 28.8 Å². The molecule has 0 aliphatic rings. The molecule has 0 saturated heterocycles. The topological polar surface area (TPSA) is 69.6 Å². The Kier molecular flexibility index (Phi) is 6.48. The first-order chi connectivity index (χ1) is 8.95. The summed E-state index contributed by atoms with van der Waals surface area (Å²) < 4.78 is 0.893. The third-order valence-corrected chi connectivity index (χ3v) is 3.54. The number of benzene rings is 1. The van der Waals surface area contributed by atoms with Crippen molar-refractivity contribution >= 4 is 21.8 Å². The van der Waals surface area contributed by atoms with E-state index in [1.807, 2.05) is 13.8 Å². The van der Waals surface area contributed by atoms with E-state index in [-0.39, 0.29) is 18.6 Å². The van der Waals surface area contributed by atoms with Crippen molar-refractivity contribution < 1.29 is 15.0 Å². The van der Waals surface area contributed by atoms with Crippen molar-refractivity contribution in [3.8, 4) is 0 Å². The standard InChI is InChI=1S/C14H20BrNO3/c1-9(2)12(7-8-17)16-14(19)13(18)10-3-5-11(15)6-4-10/h3-6,9,12-13,17-18H,7-8H2,1-2H3,(H,16,19)/t12-,13-/m0/s1. The average Bonchev–Trinajstić information content (AvgIpc) is 2.38. The van der Waals surface area contributed by atoms with Crippen LogP contribution in [0.15, 0.2) is 28.7 Å². The highest BCUT2D eigenvalue weighted by atomic mass is 79.9. The Hall–Kier alpha value is -0.910.